The third-order valence-corrected chi connectivity index (χ3v) is 4.39. The van der Waals surface area contributed by atoms with E-state index in [1.165, 1.54) is 0 Å². The van der Waals surface area contributed by atoms with Crippen LogP contribution in [-0.4, -0.2) is 55.6 Å². The summed E-state index contributed by atoms with van der Waals surface area (Å²) in [5.74, 6) is 1.95. The Bertz CT molecular complexity index is 685. The largest absolute Gasteiger partial charge is 0.496 e. The van der Waals surface area contributed by atoms with Crippen LogP contribution in [0.25, 0.3) is 0 Å². The molecule has 0 radical (unpaired) electrons. The van der Waals surface area contributed by atoms with E-state index in [2.05, 4.69) is 15.2 Å². The molecule has 0 aliphatic carbocycles. The van der Waals surface area contributed by atoms with E-state index < -0.39 is 0 Å². The van der Waals surface area contributed by atoms with Crippen molar-refractivity contribution in [3.8, 4) is 5.75 Å². The molecule has 0 spiro atoms. The lowest BCUT2D eigenvalue weighted by molar-refractivity contribution is -0.130. The van der Waals surface area contributed by atoms with Crippen molar-refractivity contribution in [2.24, 2.45) is 0 Å². The molecule has 2 aromatic rings. The van der Waals surface area contributed by atoms with Gasteiger partial charge in [0.05, 0.1) is 13.7 Å². The first-order valence-corrected chi connectivity index (χ1v) is 8.54. The molecular weight excluding hydrogens is 316 g/mol. The summed E-state index contributed by atoms with van der Waals surface area (Å²) in [5, 5.41) is 3.22. The molecule has 1 fully saturated rings. The van der Waals surface area contributed by atoms with Gasteiger partial charge in [0.1, 0.15) is 11.6 Å². The van der Waals surface area contributed by atoms with Crippen LogP contribution < -0.4 is 15.0 Å². The maximum atomic E-state index is 12.4. The lowest BCUT2D eigenvalue weighted by Gasteiger charge is -2.35. The quantitative estimate of drug-likeness (QED) is 0.864. The topological polar surface area (TPSA) is 57.7 Å². The van der Waals surface area contributed by atoms with Gasteiger partial charge in [-0.05, 0) is 18.2 Å². The number of piperazine rings is 1. The minimum Gasteiger partial charge on any atom is -0.496 e. The summed E-state index contributed by atoms with van der Waals surface area (Å²) in [6.45, 7) is 4.04. The number of rotatable bonds is 6. The minimum atomic E-state index is 0.135. The molecule has 132 valence electrons. The van der Waals surface area contributed by atoms with Crippen LogP contribution in [-0.2, 0) is 11.3 Å². The van der Waals surface area contributed by atoms with Gasteiger partial charge in [0.2, 0.25) is 5.91 Å². The Labute approximate surface area is 148 Å². The molecule has 6 nitrogen and oxygen atoms in total. The van der Waals surface area contributed by atoms with E-state index in [9.17, 15) is 4.79 Å². The highest BCUT2D eigenvalue weighted by Gasteiger charge is 2.21. The second kappa shape index (κ2) is 8.48. The van der Waals surface area contributed by atoms with Crippen molar-refractivity contribution in [1.29, 1.82) is 0 Å². The number of nitrogens with one attached hydrogen (secondary N) is 1. The molecule has 3 rings (SSSR count). The van der Waals surface area contributed by atoms with Crippen LogP contribution in [0.5, 0.6) is 5.75 Å². The number of pyridine rings is 1. The molecular formula is C19H24N4O2. The standard InChI is InChI=1S/C19H24N4O2/c1-25-17-7-3-2-6-16(17)14-20-15-19(24)23-12-10-22(11-13-23)18-8-4-5-9-21-18/h2-9,20H,10-15H2,1H3. The molecule has 0 bridgehead atoms. The second-order valence-electron chi connectivity index (χ2n) is 5.97. The summed E-state index contributed by atoms with van der Waals surface area (Å²) in [7, 11) is 1.66. The smallest absolute Gasteiger partial charge is 0.236 e. The maximum Gasteiger partial charge on any atom is 0.236 e. The third-order valence-electron chi connectivity index (χ3n) is 4.39. The number of nitrogens with zero attached hydrogens (tertiary/aromatic N) is 3. The molecule has 2 heterocycles. The molecule has 1 saturated heterocycles. The van der Waals surface area contributed by atoms with E-state index in [-0.39, 0.29) is 5.91 Å². The number of aromatic nitrogens is 1. The Morgan fingerprint density at radius 2 is 1.88 bits per heavy atom. The first-order valence-electron chi connectivity index (χ1n) is 8.54. The number of amides is 1. The van der Waals surface area contributed by atoms with E-state index in [1.54, 1.807) is 13.3 Å². The fraction of sp³-hybridized carbons (Fsp3) is 0.368. The number of carbonyl (C=O) groups excluding carboxylic acids is 1. The van der Waals surface area contributed by atoms with Gasteiger partial charge in [-0.1, -0.05) is 24.3 Å². The summed E-state index contributed by atoms with van der Waals surface area (Å²) < 4.78 is 5.33. The van der Waals surface area contributed by atoms with E-state index in [0.29, 0.717) is 13.1 Å². The van der Waals surface area contributed by atoms with E-state index in [0.717, 1.165) is 43.3 Å². The number of carbonyl (C=O) groups is 1. The molecule has 1 aliphatic heterocycles. The normalized spacial score (nSPS) is 14.4. The zero-order chi connectivity index (χ0) is 17.5. The molecule has 1 N–H and O–H groups in total. The zero-order valence-electron chi connectivity index (χ0n) is 14.5. The Balaban J connectivity index is 1.44. The van der Waals surface area contributed by atoms with Gasteiger partial charge in [0, 0.05) is 44.5 Å². The number of hydrogen-bond acceptors (Lipinski definition) is 5. The fourth-order valence-electron chi connectivity index (χ4n) is 2.99. The van der Waals surface area contributed by atoms with Crippen molar-refractivity contribution in [1.82, 2.24) is 15.2 Å². The summed E-state index contributed by atoms with van der Waals surface area (Å²) in [5.41, 5.74) is 1.05. The summed E-state index contributed by atoms with van der Waals surface area (Å²) in [6, 6.07) is 13.7. The van der Waals surface area contributed by atoms with Crippen molar-refractivity contribution in [3.05, 3.63) is 54.2 Å². The number of benzene rings is 1. The first kappa shape index (κ1) is 17.2. The SMILES string of the molecule is COc1ccccc1CNCC(=O)N1CCN(c2ccccn2)CC1. The molecule has 1 amide bonds. The molecule has 1 aromatic heterocycles. The average Bonchev–Trinajstić information content (AvgIpc) is 2.69. The highest BCUT2D eigenvalue weighted by Crippen LogP contribution is 2.16. The van der Waals surface area contributed by atoms with Gasteiger partial charge in [0.15, 0.2) is 0 Å². The van der Waals surface area contributed by atoms with Gasteiger partial charge in [-0.2, -0.15) is 0 Å². The lowest BCUT2D eigenvalue weighted by atomic mass is 10.2. The predicted octanol–water partition coefficient (Wildman–Crippen LogP) is 1.53. The molecule has 0 unspecified atom stereocenters. The number of methoxy groups -OCH3 is 1. The third kappa shape index (κ3) is 4.48. The Hall–Kier alpha value is -2.60. The number of anilines is 1. The lowest BCUT2D eigenvalue weighted by Crippen LogP contribution is -2.51. The van der Waals surface area contributed by atoms with Gasteiger partial charge >= 0.3 is 0 Å². The molecule has 1 aromatic carbocycles. The monoisotopic (exact) mass is 340 g/mol. The van der Waals surface area contributed by atoms with Crippen LogP contribution in [0.3, 0.4) is 0 Å². The van der Waals surface area contributed by atoms with Crippen molar-refractivity contribution in [2.75, 3.05) is 44.7 Å². The van der Waals surface area contributed by atoms with Gasteiger partial charge < -0.3 is 19.9 Å². The Kier molecular flexibility index (Phi) is 5.85. The van der Waals surface area contributed by atoms with E-state index in [4.69, 9.17) is 4.74 Å². The molecule has 25 heavy (non-hydrogen) atoms. The number of hydrogen-bond donors (Lipinski definition) is 1. The predicted molar refractivity (Wildman–Crippen MR) is 97.7 cm³/mol. The minimum absolute atomic E-state index is 0.135. The van der Waals surface area contributed by atoms with Crippen LogP contribution in [0.2, 0.25) is 0 Å². The molecule has 0 saturated carbocycles. The van der Waals surface area contributed by atoms with Gasteiger partial charge in [0.25, 0.3) is 0 Å². The van der Waals surface area contributed by atoms with Crippen molar-refractivity contribution >= 4 is 11.7 Å². The summed E-state index contributed by atoms with van der Waals surface area (Å²) >= 11 is 0. The van der Waals surface area contributed by atoms with Crippen LogP contribution in [0.4, 0.5) is 5.82 Å². The Morgan fingerprint density at radius 3 is 2.60 bits per heavy atom. The van der Waals surface area contributed by atoms with Gasteiger partial charge in [-0.15, -0.1) is 0 Å². The van der Waals surface area contributed by atoms with Crippen LogP contribution in [0.15, 0.2) is 48.7 Å². The Morgan fingerprint density at radius 1 is 1.12 bits per heavy atom. The highest BCUT2D eigenvalue weighted by atomic mass is 16.5. The van der Waals surface area contributed by atoms with E-state index in [1.807, 2.05) is 47.4 Å². The van der Waals surface area contributed by atoms with Gasteiger partial charge in [-0.3, -0.25) is 4.79 Å². The number of ether oxygens (including phenoxy) is 1. The second-order valence-corrected chi connectivity index (χ2v) is 5.97. The van der Waals surface area contributed by atoms with Crippen molar-refractivity contribution in [3.63, 3.8) is 0 Å². The van der Waals surface area contributed by atoms with E-state index >= 15 is 0 Å². The number of para-hydroxylation sites is 1. The van der Waals surface area contributed by atoms with Crippen LogP contribution in [0, 0.1) is 0 Å². The summed E-state index contributed by atoms with van der Waals surface area (Å²) in [6.07, 6.45) is 1.80. The van der Waals surface area contributed by atoms with Crippen LogP contribution >= 0.6 is 0 Å². The van der Waals surface area contributed by atoms with Crippen LogP contribution in [0.1, 0.15) is 5.56 Å². The molecule has 6 heteroatoms. The molecule has 0 atom stereocenters. The molecule has 1 aliphatic rings. The zero-order valence-corrected chi connectivity index (χ0v) is 14.5. The average molecular weight is 340 g/mol. The highest BCUT2D eigenvalue weighted by molar-refractivity contribution is 5.78. The van der Waals surface area contributed by atoms with Crippen molar-refractivity contribution in [2.45, 2.75) is 6.54 Å². The summed E-state index contributed by atoms with van der Waals surface area (Å²) in [4.78, 5) is 20.9. The fourth-order valence-corrected chi connectivity index (χ4v) is 2.99. The maximum absolute atomic E-state index is 12.4. The first-order chi connectivity index (χ1) is 12.3. The van der Waals surface area contributed by atoms with Gasteiger partial charge in [-0.25, -0.2) is 4.98 Å². The van der Waals surface area contributed by atoms with Crippen molar-refractivity contribution < 1.29 is 9.53 Å².